The van der Waals surface area contributed by atoms with E-state index in [1.165, 1.54) is 10.4 Å². The van der Waals surface area contributed by atoms with Crippen molar-refractivity contribution in [3.63, 3.8) is 0 Å². The molecule has 2 rings (SSSR count). The smallest absolute Gasteiger partial charge is 0.0570 e. The molecule has 0 fully saturated rings. The van der Waals surface area contributed by atoms with Crippen molar-refractivity contribution in [1.82, 2.24) is 10.3 Å². The standard InChI is InChI=1S/C13H16N2S/c1-11-4-2-7-15-13(11)10-14-8-6-12-5-3-9-16-12/h2-5,7,9,14H,6,8,10H2,1H3. The molecule has 0 atom stereocenters. The molecule has 0 amide bonds. The van der Waals surface area contributed by atoms with E-state index in [0.717, 1.165) is 25.2 Å². The van der Waals surface area contributed by atoms with E-state index in [4.69, 9.17) is 0 Å². The van der Waals surface area contributed by atoms with E-state index in [9.17, 15) is 0 Å². The van der Waals surface area contributed by atoms with Gasteiger partial charge in [-0.2, -0.15) is 0 Å². The normalized spacial score (nSPS) is 10.6. The van der Waals surface area contributed by atoms with Crippen molar-refractivity contribution in [2.45, 2.75) is 19.9 Å². The van der Waals surface area contributed by atoms with Crippen LogP contribution in [-0.2, 0) is 13.0 Å². The molecule has 0 aliphatic rings. The van der Waals surface area contributed by atoms with Crippen molar-refractivity contribution < 1.29 is 0 Å². The molecule has 16 heavy (non-hydrogen) atoms. The minimum Gasteiger partial charge on any atom is -0.311 e. The zero-order valence-electron chi connectivity index (χ0n) is 9.44. The highest BCUT2D eigenvalue weighted by molar-refractivity contribution is 7.09. The van der Waals surface area contributed by atoms with Crippen molar-refractivity contribution >= 4 is 11.3 Å². The number of aromatic nitrogens is 1. The Labute approximate surface area is 100 Å². The second-order valence-electron chi connectivity index (χ2n) is 3.77. The number of hydrogen-bond donors (Lipinski definition) is 1. The summed E-state index contributed by atoms with van der Waals surface area (Å²) in [4.78, 5) is 5.79. The first-order valence-electron chi connectivity index (χ1n) is 5.50. The van der Waals surface area contributed by atoms with Crippen molar-refractivity contribution in [3.05, 3.63) is 52.0 Å². The van der Waals surface area contributed by atoms with Gasteiger partial charge in [-0.15, -0.1) is 11.3 Å². The van der Waals surface area contributed by atoms with Gasteiger partial charge in [0.05, 0.1) is 5.69 Å². The molecular weight excluding hydrogens is 216 g/mol. The topological polar surface area (TPSA) is 24.9 Å². The van der Waals surface area contributed by atoms with E-state index >= 15 is 0 Å². The summed E-state index contributed by atoms with van der Waals surface area (Å²) in [5.74, 6) is 0. The Hall–Kier alpha value is -1.19. The lowest BCUT2D eigenvalue weighted by atomic mass is 10.2. The van der Waals surface area contributed by atoms with Crippen LogP contribution < -0.4 is 5.32 Å². The third-order valence-corrected chi connectivity index (χ3v) is 3.47. The Bertz CT molecular complexity index is 423. The van der Waals surface area contributed by atoms with Crippen LogP contribution in [0, 0.1) is 6.92 Å². The van der Waals surface area contributed by atoms with Crippen molar-refractivity contribution in [2.75, 3.05) is 6.54 Å². The monoisotopic (exact) mass is 232 g/mol. The summed E-state index contributed by atoms with van der Waals surface area (Å²) in [7, 11) is 0. The zero-order valence-corrected chi connectivity index (χ0v) is 10.3. The summed E-state index contributed by atoms with van der Waals surface area (Å²) in [6.45, 7) is 3.97. The predicted molar refractivity (Wildman–Crippen MR) is 68.7 cm³/mol. The highest BCUT2D eigenvalue weighted by atomic mass is 32.1. The summed E-state index contributed by atoms with van der Waals surface area (Å²) in [6, 6.07) is 8.36. The van der Waals surface area contributed by atoms with Gasteiger partial charge in [0.1, 0.15) is 0 Å². The van der Waals surface area contributed by atoms with Gasteiger partial charge < -0.3 is 5.32 Å². The quantitative estimate of drug-likeness (QED) is 0.802. The van der Waals surface area contributed by atoms with Crippen LogP contribution in [0.3, 0.4) is 0 Å². The molecule has 1 N–H and O–H groups in total. The van der Waals surface area contributed by atoms with Gasteiger partial charge in [0.2, 0.25) is 0 Å². The third kappa shape index (κ3) is 3.15. The van der Waals surface area contributed by atoms with E-state index in [2.05, 4.69) is 40.8 Å². The van der Waals surface area contributed by atoms with Gasteiger partial charge in [-0.1, -0.05) is 12.1 Å². The SMILES string of the molecule is Cc1cccnc1CNCCc1cccs1. The second-order valence-corrected chi connectivity index (χ2v) is 4.81. The van der Waals surface area contributed by atoms with Crippen LogP contribution in [-0.4, -0.2) is 11.5 Å². The van der Waals surface area contributed by atoms with Crippen LogP contribution in [0.2, 0.25) is 0 Å². The van der Waals surface area contributed by atoms with Gasteiger partial charge in [0.15, 0.2) is 0 Å². The van der Waals surface area contributed by atoms with Gasteiger partial charge in [-0.25, -0.2) is 0 Å². The molecule has 0 aromatic carbocycles. The van der Waals surface area contributed by atoms with E-state index in [-0.39, 0.29) is 0 Å². The van der Waals surface area contributed by atoms with Gasteiger partial charge in [-0.05, 0) is 36.4 Å². The lowest BCUT2D eigenvalue weighted by molar-refractivity contribution is 0.675. The van der Waals surface area contributed by atoms with Gasteiger partial charge >= 0.3 is 0 Å². The summed E-state index contributed by atoms with van der Waals surface area (Å²) >= 11 is 1.82. The fraction of sp³-hybridized carbons (Fsp3) is 0.308. The number of hydrogen-bond acceptors (Lipinski definition) is 3. The highest BCUT2D eigenvalue weighted by Gasteiger charge is 1.98. The lowest BCUT2D eigenvalue weighted by Crippen LogP contribution is -2.17. The summed E-state index contributed by atoms with van der Waals surface area (Å²) in [5, 5.41) is 5.55. The molecule has 0 saturated heterocycles. The van der Waals surface area contributed by atoms with Crippen molar-refractivity contribution in [1.29, 1.82) is 0 Å². The van der Waals surface area contributed by atoms with Crippen LogP contribution in [0.5, 0.6) is 0 Å². The van der Waals surface area contributed by atoms with Crippen LogP contribution in [0.1, 0.15) is 16.1 Å². The first-order valence-corrected chi connectivity index (χ1v) is 6.38. The zero-order chi connectivity index (χ0) is 11.2. The fourth-order valence-electron chi connectivity index (χ4n) is 1.58. The fourth-order valence-corrected chi connectivity index (χ4v) is 2.29. The minimum absolute atomic E-state index is 0.859. The number of nitrogens with zero attached hydrogens (tertiary/aromatic N) is 1. The van der Waals surface area contributed by atoms with E-state index in [0.29, 0.717) is 0 Å². The molecule has 2 aromatic rings. The largest absolute Gasteiger partial charge is 0.311 e. The average molecular weight is 232 g/mol. The van der Waals surface area contributed by atoms with Crippen LogP contribution in [0.15, 0.2) is 35.8 Å². The average Bonchev–Trinajstić information content (AvgIpc) is 2.79. The number of thiophene rings is 1. The second kappa shape index (κ2) is 5.77. The number of rotatable bonds is 5. The number of nitrogens with one attached hydrogen (secondary N) is 1. The van der Waals surface area contributed by atoms with Crippen LogP contribution >= 0.6 is 11.3 Å². The molecule has 84 valence electrons. The molecule has 0 radical (unpaired) electrons. The van der Waals surface area contributed by atoms with E-state index in [1.54, 1.807) is 0 Å². The Morgan fingerprint density at radius 3 is 3.00 bits per heavy atom. The summed E-state index contributed by atoms with van der Waals surface area (Å²) in [6.07, 6.45) is 2.95. The maximum absolute atomic E-state index is 4.35. The molecule has 0 saturated carbocycles. The lowest BCUT2D eigenvalue weighted by Gasteiger charge is -2.05. The van der Waals surface area contributed by atoms with Crippen LogP contribution in [0.4, 0.5) is 0 Å². The van der Waals surface area contributed by atoms with Gasteiger partial charge in [0, 0.05) is 24.2 Å². The molecule has 0 spiro atoms. The summed E-state index contributed by atoms with van der Waals surface area (Å²) < 4.78 is 0. The molecule has 0 aliphatic carbocycles. The predicted octanol–water partition coefficient (Wildman–Crippen LogP) is 2.78. The molecular formula is C13H16N2S. The molecule has 2 heterocycles. The minimum atomic E-state index is 0.859. The number of aryl methyl sites for hydroxylation is 1. The summed E-state index contributed by atoms with van der Waals surface area (Å²) in [5.41, 5.74) is 2.40. The Kier molecular flexibility index (Phi) is 4.08. The molecule has 0 bridgehead atoms. The Morgan fingerprint density at radius 2 is 2.25 bits per heavy atom. The van der Waals surface area contributed by atoms with E-state index < -0.39 is 0 Å². The molecule has 3 heteroatoms. The first-order chi connectivity index (χ1) is 7.86. The van der Waals surface area contributed by atoms with Gasteiger partial charge in [-0.3, -0.25) is 4.98 Å². The number of pyridine rings is 1. The van der Waals surface area contributed by atoms with Gasteiger partial charge in [0.25, 0.3) is 0 Å². The van der Waals surface area contributed by atoms with Crippen LogP contribution in [0.25, 0.3) is 0 Å². The first kappa shape index (κ1) is 11.3. The molecule has 2 nitrogen and oxygen atoms in total. The Balaban J connectivity index is 1.74. The van der Waals surface area contributed by atoms with Crippen molar-refractivity contribution in [3.8, 4) is 0 Å². The maximum Gasteiger partial charge on any atom is 0.0570 e. The third-order valence-electron chi connectivity index (χ3n) is 2.54. The molecule has 0 unspecified atom stereocenters. The van der Waals surface area contributed by atoms with Crippen molar-refractivity contribution in [2.24, 2.45) is 0 Å². The molecule has 2 aromatic heterocycles. The molecule has 0 aliphatic heterocycles. The maximum atomic E-state index is 4.35. The highest BCUT2D eigenvalue weighted by Crippen LogP contribution is 2.08. The Morgan fingerprint density at radius 1 is 1.31 bits per heavy atom. The van der Waals surface area contributed by atoms with E-state index in [1.807, 2.05) is 23.6 Å².